The van der Waals surface area contributed by atoms with Crippen molar-refractivity contribution >= 4 is 0 Å². The summed E-state index contributed by atoms with van der Waals surface area (Å²) in [7, 11) is 1.66. The van der Waals surface area contributed by atoms with Crippen LogP contribution in [-0.2, 0) is 12.4 Å². The van der Waals surface area contributed by atoms with E-state index in [2.05, 4.69) is 9.47 Å². The zero-order chi connectivity index (χ0) is 14.1. The maximum Gasteiger partial charge on any atom is 0.423 e. The molecule has 0 aromatic heterocycles. The summed E-state index contributed by atoms with van der Waals surface area (Å²) in [5, 5.41) is 0. The van der Waals surface area contributed by atoms with E-state index < -0.39 is 35.0 Å². The Morgan fingerprint density at radius 1 is 0.833 bits per heavy atom. The lowest BCUT2D eigenvalue weighted by Gasteiger charge is -2.19. The minimum absolute atomic E-state index is 0.479. The van der Waals surface area contributed by atoms with Gasteiger partial charge in [0.15, 0.2) is 0 Å². The summed E-state index contributed by atoms with van der Waals surface area (Å²) in [5.74, 6) is -2.03. The van der Waals surface area contributed by atoms with Gasteiger partial charge in [0.1, 0.15) is 17.1 Å². The van der Waals surface area contributed by atoms with Crippen molar-refractivity contribution in [2.75, 3.05) is 14.2 Å². The maximum atomic E-state index is 12.7. The number of rotatable bonds is 2. The maximum absolute atomic E-state index is 12.7. The van der Waals surface area contributed by atoms with E-state index in [-0.39, 0.29) is 0 Å². The Balaban J connectivity index is 3.64. The van der Waals surface area contributed by atoms with Crippen LogP contribution in [0, 0.1) is 0 Å². The van der Waals surface area contributed by atoms with E-state index in [4.69, 9.17) is 0 Å². The third-order valence-electron chi connectivity index (χ3n) is 2.13. The predicted molar refractivity (Wildman–Crippen MR) is 49.6 cm³/mol. The normalized spacial score (nSPS) is 12.4. The number of methoxy groups -OCH3 is 2. The fraction of sp³-hybridized carbons (Fsp3) is 0.400. The summed E-state index contributed by atoms with van der Waals surface area (Å²) in [6.45, 7) is 0. The van der Waals surface area contributed by atoms with Gasteiger partial charge in [-0.25, -0.2) is 0 Å². The molecule has 0 fully saturated rings. The van der Waals surface area contributed by atoms with E-state index in [0.717, 1.165) is 14.2 Å². The van der Waals surface area contributed by atoms with E-state index in [1.165, 1.54) is 0 Å². The lowest BCUT2D eigenvalue weighted by molar-refractivity contribution is -0.146. The van der Waals surface area contributed by atoms with Gasteiger partial charge < -0.3 is 9.47 Å². The van der Waals surface area contributed by atoms with Crippen LogP contribution in [0.15, 0.2) is 12.1 Å². The van der Waals surface area contributed by atoms with Crippen LogP contribution >= 0.6 is 0 Å². The molecule has 0 radical (unpaired) electrons. The second-order valence-corrected chi connectivity index (χ2v) is 3.22. The highest BCUT2D eigenvalue weighted by Crippen LogP contribution is 2.48. The van der Waals surface area contributed by atoms with Crippen molar-refractivity contribution in [2.45, 2.75) is 12.4 Å². The number of alkyl halides is 6. The van der Waals surface area contributed by atoms with Gasteiger partial charge in [-0.2, -0.15) is 26.3 Å². The van der Waals surface area contributed by atoms with E-state index >= 15 is 0 Å². The van der Waals surface area contributed by atoms with Crippen LogP contribution in [0.4, 0.5) is 26.3 Å². The molecule has 0 atom stereocenters. The number of ether oxygens (including phenoxy) is 2. The van der Waals surface area contributed by atoms with Gasteiger partial charge >= 0.3 is 12.4 Å². The summed E-state index contributed by atoms with van der Waals surface area (Å²) in [6, 6.07) is 1.08. The molecule has 0 saturated carbocycles. The average molecular weight is 274 g/mol. The summed E-state index contributed by atoms with van der Waals surface area (Å²) in [4.78, 5) is 0. The summed E-state index contributed by atoms with van der Waals surface area (Å²) >= 11 is 0. The molecule has 0 unspecified atom stereocenters. The predicted octanol–water partition coefficient (Wildman–Crippen LogP) is 3.74. The first-order chi connectivity index (χ1) is 8.12. The Hall–Kier alpha value is -1.60. The van der Waals surface area contributed by atoms with Crippen molar-refractivity contribution in [2.24, 2.45) is 0 Å². The second-order valence-electron chi connectivity index (χ2n) is 3.22. The Kier molecular flexibility index (Phi) is 3.68. The number of halogens is 6. The topological polar surface area (TPSA) is 18.5 Å². The number of benzene rings is 1. The van der Waals surface area contributed by atoms with Crippen LogP contribution in [0.25, 0.3) is 0 Å². The van der Waals surface area contributed by atoms with Gasteiger partial charge in [-0.15, -0.1) is 0 Å². The minimum Gasteiger partial charge on any atom is -0.496 e. The number of hydrogen-bond acceptors (Lipinski definition) is 2. The van der Waals surface area contributed by atoms with Crippen molar-refractivity contribution < 1.29 is 35.8 Å². The van der Waals surface area contributed by atoms with Crippen LogP contribution in [0.5, 0.6) is 11.5 Å². The molecule has 18 heavy (non-hydrogen) atoms. The zero-order valence-corrected chi connectivity index (χ0v) is 9.24. The molecule has 0 amide bonds. The second kappa shape index (κ2) is 4.58. The largest absolute Gasteiger partial charge is 0.496 e. The lowest BCUT2D eigenvalue weighted by atomic mass is 10.1. The van der Waals surface area contributed by atoms with Crippen molar-refractivity contribution in [1.82, 2.24) is 0 Å². The average Bonchev–Trinajstić information content (AvgIpc) is 2.24. The summed E-state index contributed by atoms with van der Waals surface area (Å²) in [5.41, 5.74) is -3.08. The lowest BCUT2D eigenvalue weighted by Crippen LogP contribution is -2.15. The molecule has 0 spiro atoms. The van der Waals surface area contributed by atoms with Crippen molar-refractivity contribution in [3.05, 3.63) is 23.3 Å². The molecule has 8 heteroatoms. The quantitative estimate of drug-likeness (QED) is 0.765. The first kappa shape index (κ1) is 14.5. The molecule has 1 rings (SSSR count). The molecule has 0 N–H and O–H groups in total. The van der Waals surface area contributed by atoms with Crippen molar-refractivity contribution in [3.63, 3.8) is 0 Å². The highest BCUT2D eigenvalue weighted by molar-refractivity contribution is 5.52. The number of hydrogen-bond donors (Lipinski definition) is 0. The van der Waals surface area contributed by atoms with Crippen LogP contribution in [0.1, 0.15) is 11.1 Å². The fourth-order valence-electron chi connectivity index (χ4n) is 1.44. The molecule has 0 heterocycles. The monoisotopic (exact) mass is 274 g/mol. The Bertz CT molecular complexity index is 435. The van der Waals surface area contributed by atoms with Crippen molar-refractivity contribution in [3.8, 4) is 11.5 Å². The molecule has 0 saturated heterocycles. The van der Waals surface area contributed by atoms with Gasteiger partial charge in [-0.1, -0.05) is 0 Å². The highest BCUT2D eigenvalue weighted by Gasteiger charge is 2.44. The fourth-order valence-corrected chi connectivity index (χ4v) is 1.44. The van der Waals surface area contributed by atoms with Gasteiger partial charge in [0.05, 0.1) is 19.8 Å². The van der Waals surface area contributed by atoms with Crippen LogP contribution in [-0.4, -0.2) is 14.2 Å². The van der Waals surface area contributed by atoms with Gasteiger partial charge in [0.25, 0.3) is 0 Å². The molecular weight excluding hydrogens is 266 g/mol. The highest BCUT2D eigenvalue weighted by atomic mass is 19.4. The zero-order valence-electron chi connectivity index (χ0n) is 9.24. The van der Waals surface area contributed by atoms with Gasteiger partial charge in [0, 0.05) is 0 Å². The summed E-state index contributed by atoms with van der Waals surface area (Å²) < 4.78 is 84.5. The van der Waals surface area contributed by atoms with E-state index in [1.807, 2.05) is 0 Å². The van der Waals surface area contributed by atoms with Gasteiger partial charge in [-0.05, 0) is 12.1 Å². The molecular formula is C10H8F6O2. The van der Waals surface area contributed by atoms with E-state index in [9.17, 15) is 26.3 Å². The third-order valence-corrected chi connectivity index (χ3v) is 2.13. The molecule has 1 aromatic rings. The Labute approximate surface area is 98.1 Å². The first-order valence-corrected chi connectivity index (χ1v) is 4.52. The SMILES string of the molecule is COc1ccc(C(F)(F)F)c(OC)c1C(F)(F)F. The van der Waals surface area contributed by atoms with Crippen LogP contribution in [0.2, 0.25) is 0 Å². The van der Waals surface area contributed by atoms with Gasteiger partial charge in [0.2, 0.25) is 0 Å². The molecule has 102 valence electrons. The van der Waals surface area contributed by atoms with Crippen LogP contribution in [0.3, 0.4) is 0 Å². The molecule has 2 nitrogen and oxygen atoms in total. The van der Waals surface area contributed by atoms with E-state index in [1.54, 1.807) is 0 Å². The molecule has 1 aromatic carbocycles. The van der Waals surface area contributed by atoms with Crippen molar-refractivity contribution in [1.29, 1.82) is 0 Å². The summed E-state index contributed by atoms with van der Waals surface area (Å²) in [6.07, 6.45) is -9.96. The molecule has 0 aliphatic heterocycles. The van der Waals surface area contributed by atoms with Gasteiger partial charge in [-0.3, -0.25) is 0 Å². The minimum atomic E-state index is -5.02. The molecule has 0 aliphatic rings. The van der Waals surface area contributed by atoms with E-state index in [0.29, 0.717) is 12.1 Å². The van der Waals surface area contributed by atoms with Crippen LogP contribution < -0.4 is 9.47 Å². The molecule has 0 bridgehead atoms. The Morgan fingerprint density at radius 2 is 1.39 bits per heavy atom. The third kappa shape index (κ3) is 2.62. The molecule has 0 aliphatic carbocycles. The smallest absolute Gasteiger partial charge is 0.423 e. The first-order valence-electron chi connectivity index (χ1n) is 4.52. The Morgan fingerprint density at radius 3 is 1.72 bits per heavy atom. The standard InChI is InChI=1S/C10H8F6O2/c1-17-6-4-3-5(9(11,12)13)8(18-2)7(6)10(14,15)16/h3-4H,1-2H3.